The largest absolute Gasteiger partial charge is 0.454 e. The van der Waals surface area contributed by atoms with E-state index in [0.717, 1.165) is 0 Å². The van der Waals surface area contributed by atoms with Gasteiger partial charge < -0.3 is 4.74 Å². The van der Waals surface area contributed by atoms with E-state index in [1.807, 2.05) is 0 Å². The summed E-state index contributed by atoms with van der Waals surface area (Å²) in [6, 6.07) is 10.6. The number of amides is 4. The van der Waals surface area contributed by atoms with E-state index in [1.165, 1.54) is 12.1 Å². The number of hydrazine groups is 1. The molecule has 0 bridgehead atoms. The second kappa shape index (κ2) is 8.93. The van der Waals surface area contributed by atoms with Crippen LogP contribution in [-0.4, -0.2) is 47.6 Å². The Bertz CT molecular complexity index is 1020. The van der Waals surface area contributed by atoms with Crippen LogP contribution >= 0.6 is 23.2 Å². The molecule has 0 spiro atoms. The van der Waals surface area contributed by atoms with Gasteiger partial charge in [0, 0.05) is 5.56 Å². The number of nitrogens with zero attached hydrogens (tertiary/aromatic N) is 1. The average Bonchev–Trinajstić information content (AvgIpc) is 2.95. The van der Waals surface area contributed by atoms with Gasteiger partial charge in [-0.2, -0.15) is 0 Å². The third kappa shape index (κ3) is 4.58. The van der Waals surface area contributed by atoms with E-state index >= 15 is 0 Å². The van der Waals surface area contributed by atoms with Crippen molar-refractivity contribution in [1.29, 1.82) is 0 Å². The van der Waals surface area contributed by atoms with Crippen molar-refractivity contribution in [2.75, 3.05) is 13.2 Å². The van der Waals surface area contributed by atoms with Gasteiger partial charge in [0.15, 0.2) is 6.61 Å². The van der Waals surface area contributed by atoms with Crippen LogP contribution < -0.4 is 10.9 Å². The monoisotopic (exact) mass is 449 g/mol. The van der Waals surface area contributed by atoms with Crippen LogP contribution in [0.3, 0.4) is 0 Å². The van der Waals surface area contributed by atoms with Crippen LogP contribution in [0.25, 0.3) is 0 Å². The molecule has 0 saturated heterocycles. The number of benzene rings is 2. The lowest BCUT2D eigenvalue weighted by Crippen LogP contribution is -2.44. The first kappa shape index (κ1) is 21.3. The highest BCUT2D eigenvalue weighted by atomic mass is 35.5. The molecule has 0 unspecified atom stereocenters. The van der Waals surface area contributed by atoms with Gasteiger partial charge in [0.25, 0.3) is 23.6 Å². The Balaban J connectivity index is 1.49. The van der Waals surface area contributed by atoms with Crippen molar-refractivity contribution in [3.05, 3.63) is 69.2 Å². The SMILES string of the molecule is O=C(COC(=O)CN1C(=O)c2cc(Cl)c(Cl)cc2C1=O)NNC(=O)c1ccccc1. The molecular formula is C19H13Cl2N3O6. The number of hydrogen-bond acceptors (Lipinski definition) is 6. The molecule has 0 saturated carbocycles. The van der Waals surface area contributed by atoms with E-state index in [4.69, 9.17) is 27.9 Å². The highest BCUT2D eigenvalue weighted by Gasteiger charge is 2.37. The van der Waals surface area contributed by atoms with Crippen molar-refractivity contribution in [1.82, 2.24) is 15.8 Å². The predicted molar refractivity (Wildman–Crippen MR) is 105 cm³/mol. The summed E-state index contributed by atoms with van der Waals surface area (Å²) in [4.78, 5) is 60.8. The maximum absolute atomic E-state index is 12.3. The van der Waals surface area contributed by atoms with E-state index in [-0.39, 0.29) is 21.2 Å². The van der Waals surface area contributed by atoms with Crippen molar-refractivity contribution in [2.45, 2.75) is 0 Å². The fourth-order valence-electron chi connectivity index (χ4n) is 2.57. The molecule has 0 aliphatic carbocycles. The fraction of sp³-hybridized carbons (Fsp3) is 0.105. The zero-order chi connectivity index (χ0) is 21.8. The molecule has 0 atom stereocenters. The quantitative estimate of drug-likeness (QED) is 0.406. The molecule has 3 rings (SSSR count). The van der Waals surface area contributed by atoms with E-state index in [0.29, 0.717) is 10.5 Å². The Morgan fingerprint density at radius 2 is 1.47 bits per heavy atom. The van der Waals surface area contributed by atoms with Gasteiger partial charge in [0.2, 0.25) is 0 Å². The number of nitrogens with one attached hydrogen (secondary N) is 2. The molecular weight excluding hydrogens is 437 g/mol. The standard InChI is InChI=1S/C19H13Cl2N3O6/c20-13-6-11-12(7-14(13)21)19(29)24(18(11)28)8-16(26)30-9-15(25)22-23-17(27)10-4-2-1-3-5-10/h1-7H,8-9H2,(H,22,25)(H,23,27). The number of rotatable bonds is 5. The summed E-state index contributed by atoms with van der Waals surface area (Å²) >= 11 is 11.7. The third-order valence-corrected chi connectivity index (χ3v) is 4.74. The van der Waals surface area contributed by atoms with Crippen LogP contribution in [0, 0.1) is 0 Å². The van der Waals surface area contributed by atoms with Gasteiger partial charge in [-0.3, -0.25) is 39.7 Å². The fourth-order valence-corrected chi connectivity index (χ4v) is 2.90. The smallest absolute Gasteiger partial charge is 0.326 e. The van der Waals surface area contributed by atoms with Crippen molar-refractivity contribution >= 4 is 52.8 Å². The Labute approximate surface area is 179 Å². The van der Waals surface area contributed by atoms with Gasteiger partial charge in [-0.1, -0.05) is 41.4 Å². The Hall–Kier alpha value is -3.43. The number of hydrogen-bond donors (Lipinski definition) is 2. The molecule has 2 aromatic carbocycles. The summed E-state index contributed by atoms with van der Waals surface area (Å²) in [7, 11) is 0. The maximum atomic E-state index is 12.3. The molecule has 0 radical (unpaired) electrons. The second-order valence-electron chi connectivity index (χ2n) is 6.04. The number of carbonyl (C=O) groups is 5. The van der Waals surface area contributed by atoms with Crippen LogP contribution in [0.15, 0.2) is 42.5 Å². The minimum Gasteiger partial charge on any atom is -0.454 e. The molecule has 1 aliphatic heterocycles. The molecule has 9 nitrogen and oxygen atoms in total. The summed E-state index contributed by atoms with van der Waals surface area (Å²) in [5, 5.41) is 0.186. The molecule has 4 amide bonds. The van der Waals surface area contributed by atoms with Gasteiger partial charge in [0.05, 0.1) is 21.2 Å². The van der Waals surface area contributed by atoms with Crippen LogP contribution in [-0.2, 0) is 14.3 Å². The van der Waals surface area contributed by atoms with Gasteiger partial charge in [-0.25, -0.2) is 0 Å². The molecule has 0 fully saturated rings. The first-order chi connectivity index (χ1) is 14.3. The molecule has 11 heteroatoms. The zero-order valence-corrected chi connectivity index (χ0v) is 16.6. The lowest BCUT2D eigenvalue weighted by Gasteiger charge is -2.13. The molecule has 2 N–H and O–H groups in total. The van der Waals surface area contributed by atoms with Gasteiger partial charge in [-0.15, -0.1) is 0 Å². The summed E-state index contributed by atoms with van der Waals surface area (Å²) < 4.78 is 4.75. The first-order valence-corrected chi connectivity index (χ1v) is 9.18. The van der Waals surface area contributed by atoms with Crippen molar-refractivity contribution in [2.24, 2.45) is 0 Å². The number of carbonyl (C=O) groups excluding carboxylic acids is 5. The van der Waals surface area contributed by atoms with Crippen LogP contribution in [0.1, 0.15) is 31.1 Å². The average molecular weight is 450 g/mol. The summed E-state index contributed by atoms with van der Waals surface area (Å²) in [6.45, 7) is -1.43. The van der Waals surface area contributed by atoms with Gasteiger partial charge in [0.1, 0.15) is 6.54 Å². The highest BCUT2D eigenvalue weighted by Crippen LogP contribution is 2.31. The van der Waals surface area contributed by atoms with Crippen molar-refractivity contribution < 1.29 is 28.7 Å². The van der Waals surface area contributed by atoms with E-state index in [9.17, 15) is 24.0 Å². The molecule has 1 aliphatic rings. The number of ether oxygens (including phenoxy) is 1. The molecule has 2 aromatic rings. The maximum Gasteiger partial charge on any atom is 0.326 e. The Kier molecular flexibility index (Phi) is 6.34. The predicted octanol–water partition coefficient (Wildman–Crippen LogP) is 1.59. The molecule has 0 aromatic heterocycles. The number of esters is 1. The minimum absolute atomic E-state index is 0.0172. The summed E-state index contributed by atoms with van der Waals surface area (Å²) in [6.07, 6.45) is 0. The van der Waals surface area contributed by atoms with Crippen molar-refractivity contribution in [3.8, 4) is 0 Å². The van der Waals surface area contributed by atoms with Crippen LogP contribution in [0.5, 0.6) is 0 Å². The van der Waals surface area contributed by atoms with E-state index in [1.54, 1.807) is 30.3 Å². The lowest BCUT2D eigenvalue weighted by molar-refractivity contribution is -0.148. The normalized spacial score (nSPS) is 12.4. The Morgan fingerprint density at radius 1 is 0.900 bits per heavy atom. The van der Waals surface area contributed by atoms with Gasteiger partial charge >= 0.3 is 5.97 Å². The summed E-state index contributed by atoms with van der Waals surface area (Å²) in [5.41, 5.74) is 4.59. The van der Waals surface area contributed by atoms with Crippen LogP contribution in [0.4, 0.5) is 0 Å². The lowest BCUT2D eigenvalue weighted by atomic mass is 10.1. The zero-order valence-electron chi connectivity index (χ0n) is 15.1. The number of imide groups is 1. The van der Waals surface area contributed by atoms with Crippen LogP contribution in [0.2, 0.25) is 10.0 Å². The van der Waals surface area contributed by atoms with E-state index in [2.05, 4.69) is 10.9 Å². The number of halogens is 2. The first-order valence-electron chi connectivity index (χ1n) is 8.43. The molecule has 30 heavy (non-hydrogen) atoms. The van der Waals surface area contributed by atoms with Gasteiger partial charge in [-0.05, 0) is 24.3 Å². The van der Waals surface area contributed by atoms with E-state index < -0.39 is 42.7 Å². The van der Waals surface area contributed by atoms with Crippen molar-refractivity contribution in [3.63, 3.8) is 0 Å². The second-order valence-corrected chi connectivity index (χ2v) is 6.85. The highest BCUT2D eigenvalue weighted by molar-refractivity contribution is 6.43. The summed E-state index contributed by atoms with van der Waals surface area (Å²) in [5.74, 6) is -3.83. The Morgan fingerprint density at radius 3 is 2.03 bits per heavy atom. The molecule has 1 heterocycles. The third-order valence-electron chi connectivity index (χ3n) is 4.01. The molecule has 154 valence electrons. The topological polar surface area (TPSA) is 122 Å². The number of fused-ring (bicyclic) bond motifs is 1. The minimum atomic E-state index is -0.994.